The first-order valence-corrected chi connectivity index (χ1v) is 7.35. The van der Waals surface area contributed by atoms with Gasteiger partial charge in [0.1, 0.15) is 5.75 Å². The van der Waals surface area contributed by atoms with Crippen molar-refractivity contribution >= 4 is 28.9 Å². The molecule has 0 amide bonds. The van der Waals surface area contributed by atoms with E-state index < -0.39 is 5.82 Å². The Morgan fingerprint density at radius 1 is 1.10 bits per heavy atom. The average Bonchev–Trinajstić information content (AvgIpc) is 2.43. The van der Waals surface area contributed by atoms with Crippen molar-refractivity contribution in [2.45, 2.75) is 26.5 Å². The highest BCUT2D eigenvalue weighted by atomic mass is 35.5. The van der Waals surface area contributed by atoms with Crippen LogP contribution in [0.25, 0.3) is 0 Å². The number of nitrogens with one attached hydrogen (secondary N) is 1. The minimum atomic E-state index is -0.598. The van der Waals surface area contributed by atoms with Crippen molar-refractivity contribution in [3.8, 4) is 5.75 Å². The number of hydrogen-bond donors (Lipinski definition) is 1. The van der Waals surface area contributed by atoms with Crippen molar-refractivity contribution in [1.29, 1.82) is 0 Å². The molecule has 0 heterocycles. The predicted molar refractivity (Wildman–Crippen MR) is 86.0 cm³/mol. The third-order valence-corrected chi connectivity index (χ3v) is 3.33. The molecule has 2 aromatic carbocycles. The van der Waals surface area contributed by atoms with Crippen LogP contribution in [-0.2, 0) is 6.54 Å². The number of rotatable bonds is 5. The summed E-state index contributed by atoms with van der Waals surface area (Å²) in [6, 6.07) is 10.8. The lowest BCUT2D eigenvalue weighted by Gasteiger charge is -2.11. The fraction of sp³-hybridized carbons (Fsp3) is 0.250. The summed E-state index contributed by atoms with van der Waals surface area (Å²) in [4.78, 5) is 0. The van der Waals surface area contributed by atoms with Gasteiger partial charge in [0.25, 0.3) is 0 Å². The second-order valence-electron chi connectivity index (χ2n) is 4.92. The summed E-state index contributed by atoms with van der Waals surface area (Å²) in [5.74, 6) is 0.237. The zero-order valence-corrected chi connectivity index (χ0v) is 13.3. The van der Waals surface area contributed by atoms with E-state index in [1.807, 2.05) is 38.1 Å². The van der Waals surface area contributed by atoms with Crippen LogP contribution in [0.15, 0.2) is 36.4 Å². The van der Waals surface area contributed by atoms with E-state index in [1.165, 1.54) is 12.1 Å². The number of benzene rings is 2. The molecule has 0 saturated heterocycles. The Labute approximate surface area is 133 Å². The topological polar surface area (TPSA) is 21.3 Å². The maximum atomic E-state index is 13.3. The Morgan fingerprint density at radius 3 is 2.19 bits per heavy atom. The normalized spacial score (nSPS) is 10.8. The van der Waals surface area contributed by atoms with E-state index >= 15 is 0 Å². The summed E-state index contributed by atoms with van der Waals surface area (Å²) in [6.07, 6.45) is 0.150. The average molecular weight is 328 g/mol. The summed E-state index contributed by atoms with van der Waals surface area (Å²) in [5, 5.41) is 3.16. The summed E-state index contributed by atoms with van der Waals surface area (Å²) < 4.78 is 18.9. The molecule has 2 rings (SSSR count). The van der Waals surface area contributed by atoms with Crippen molar-refractivity contribution in [2.75, 3.05) is 5.32 Å². The van der Waals surface area contributed by atoms with E-state index in [-0.39, 0.29) is 16.1 Å². The van der Waals surface area contributed by atoms with Crippen LogP contribution in [0.3, 0.4) is 0 Å². The van der Waals surface area contributed by atoms with Crippen LogP contribution in [-0.4, -0.2) is 6.10 Å². The summed E-state index contributed by atoms with van der Waals surface area (Å²) in [6.45, 7) is 4.55. The lowest BCUT2D eigenvalue weighted by molar-refractivity contribution is 0.242. The van der Waals surface area contributed by atoms with Gasteiger partial charge in [-0.15, -0.1) is 0 Å². The molecule has 2 aromatic rings. The molecular weight excluding hydrogens is 312 g/mol. The highest BCUT2D eigenvalue weighted by Crippen LogP contribution is 2.27. The minimum absolute atomic E-state index is 0.00526. The largest absolute Gasteiger partial charge is 0.491 e. The first-order chi connectivity index (χ1) is 9.95. The van der Waals surface area contributed by atoms with Gasteiger partial charge in [0, 0.05) is 12.2 Å². The Hall–Kier alpha value is -1.45. The van der Waals surface area contributed by atoms with E-state index in [1.54, 1.807) is 0 Å². The smallest absolute Gasteiger partial charge is 0.160 e. The molecule has 0 aliphatic rings. The quantitative estimate of drug-likeness (QED) is 0.729. The molecule has 112 valence electrons. The zero-order chi connectivity index (χ0) is 15.4. The van der Waals surface area contributed by atoms with Gasteiger partial charge in [-0.25, -0.2) is 4.39 Å². The monoisotopic (exact) mass is 327 g/mol. The van der Waals surface area contributed by atoms with Crippen LogP contribution in [0.5, 0.6) is 5.75 Å². The molecule has 1 N–H and O–H groups in total. The number of hydrogen-bond acceptors (Lipinski definition) is 2. The highest BCUT2D eigenvalue weighted by molar-refractivity contribution is 6.35. The van der Waals surface area contributed by atoms with Crippen molar-refractivity contribution in [3.05, 3.63) is 57.8 Å². The summed E-state index contributed by atoms with van der Waals surface area (Å²) in [5.41, 5.74) is 1.75. The molecule has 2 nitrogen and oxygen atoms in total. The van der Waals surface area contributed by atoms with Gasteiger partial charge in [0.15, 0.2) is 5.82 Å². The van der Waals surface area contributed by atoms with Crippen LogP contribution in [0.1, 0.15) is 19.4 Å². The van der Waals surface area contributed by atoms with Gasteiger partial charge in [-0.3, -0.25) is 0 Å². The molecule has 0 aliphatic heterocycles. The third-order valence-electron chi connectivity index (χ3n) is 2.78. The molecular formula is C16H16Cl2FNO. The van der Waals surface area contributed by atoms with Crippen molar-refractivity contribution in [1.82, 2.24) is 0 Å². The molecule has 0 radical (unpaired) electrons. The highest BCUT2D eigenvalue weighted by Gasteiger charge is 2.07. The van der Waals surface area contributed by atoms with E-state index in [0.29, 0.717) is 12.2 Å². The van der Waals surface area contributed by atoms with E-state index in [2.05, 4.69) is 5.32 Å². The number of anilines is 1. The van der Waals surface area contributed by atoms with Crippen molar-refractivity contribution < 1.29 is 9.13 Å². The second kappa shape index (κ2) is 7.01. The van der Waals surface area contributed by atoms with Crippen LogP contribution < -0.4 is 10.1 Å². The first-order valence-electron chi connectivity index (χ1n) is 6.59. The first kappa shape index (κ1) is 15.9. The summed E-state index contributed by atoms with van der Waals surface area (Å²) >= 11 is 11.5. The molecule has 0 unspecified atom stereocenters. The van der Waals surface area contributed by atoms with E-state index in [9.17, 15) is 4.39 Å². The van der Waals surface area contributed by atoms with E-state index in [0.717, 1.165) is 11.3 Å². The maximum absolute atomic E-state index is 13.3. The Bertz CT molecular complexity index is 591. The van der Waals surface area contributed by atoms with Crippen LogP contribution in [0.2, 0.25) is 10.0 Å². The summed E-state index contributed by atoms with van der Waals surface area (Å²) in [7, 11) is 0. The van der Waals surface area contributed by atoms with Crippen LogP contribution >= 0.6 is 23.2 Å². The molecule has 0 saturated carbocycles. The molecule has 21 heavy (non-hydrogen) atoms. The predicted octanol–water partition coefficient (Wildman–Crippen LogP) is 5.53. The number of ether oxygens (including phenoxy) is 1. The fourth-order valence-corrected chi connectivity index (χ4v) is 2.31. The van der Waals surface area contributed by atoms with Crippen molar-refractivity contribution in [2.24, 2.45) is 0 Å². The molecule has 0 bridgehead atoms. The molecule has 0 aliphatic carbocycles. The van der Waals surface area contributed by atoms with Crippen LogP contribution in [0, 0.1) is 5.82 Å². The lowest BCUT2D eigenvalue weighted by Crippen LogP contribution is -2.05. The zero-order valence-electron chi connectivity index (χ0n) is 11.8. The van der Waals surface area contributed by atoms with Gasteiger partial charge in [0.2, 0.25) is 0 Å². The van der Waals surface area contributed by atoms with E-state index in [4.69, 9.17) is 27.9 Å². The van der Waals surface area contributed by atoms with Gasteiger partial charge in [-0.1, -0.05) is 35.3 Å². The second-order valence-corrected chi connectivity index (χ2v) is 5.73. The molecule has 0 spiro atoms. The Kier molecular flexibility index (Phi) is 5.32. The van der Waals surface area contributed by atoms with Gasteiger partial charge in [-0.2, -0.15) is 0 Å². The van der Waals surface area contributed by atoms with Gasteiger partial charge >= 0.3 is 0 Å². The van der Waals surface area contributed by atoms with Crippen molar-refractivity contribution in [3.63, 3.8) is 0 Å². The Balaban J connectivity index is 2.00. The Morgan fingerprint density at radius 2 is 1.67 bits per heavy atom. The fourth-order valence-electron chi connectivity index (χ4n) is 1.82. The molecule has 0 atom stereocenters. The van der Waals surface area contributed by atoms with Gasteiger partial charge in [-0.05, 0) is 43.7 Å². The minimum Gasteiger partial charge on any atom is -0.491 e. The maximum Gasteiger partial charge on any atom is 0.160 e. The van der Waals surface area contributed by atoms with Crippen LogP contribution in [0.4, 0.5) is 10.1 Å². The SMILES string of the molecule is CC(C)Oc1ccc(CNc2cc(Cl)c(F)c(Cl)c2)cc1. The lowest BCUT2D eigenvalue weighted by atomic mass is 10.2. The van der Waals surface area contributed by atoms with Gasteiger partial charge in [0.05, 0.1) is 16.1 Å². The third kappa shape index (κ3) is 4.51. The number of halogens is 3. The standard InChI is InChI=1S/C16H16Cl2FNO/c1-10(2)21-13-5-3-11(4-6-13)9-20-12-7-14(17)16(19)15(18)8-12/h3-8,10,20H,9H2,1-2H3. The molecule has 5 heteroatoms. The van der Waals surface area contributed by atoms with Gasteiger partial charge < -0.3 is 10.1 Å². The molecule has 0 fully saturated rings. The molecule has 0 aromatic heterocycles.